The molecule has 0 radical (unpaired) electrons. The molecule has 3 rings (SSSR count). The summed E-state index contributed by atoms with van der Waals surface area (Å²) in [7, 11) is 3.83. The number of aromatic hydroxyl groups is 1. The highest BCUT2D eigenvalue weighted by Gasteiger charge is 2.20. The molecule has 0 aliphatic heterocycles. The van der Waals surface area contributed by atoms with E-state index >= 15 is 0 Å². The van der Waals surface area contributed by atoms with E-state index in [-0.39, 0.29) is 40.1 Å². The number of ketones is 1. The van der Waals surface area contributed by atoms with Gasteiger partial charge < -0.3 is 15.3 Å². The van der Waals surface area contributed by atoms with Gasteiger partial charge in [-0.2, -0.15) is 0 Å². The SMILES string of the molecule is CN(C)CCCC(=O)c1ccc(-c2ccc(Cl)cc2Cl)cc1NC(=O)c1cc(O)c(C=O)cc1C=O. The highest BCUT2D eigenvalue weighted by atomic mass is 35.5. The van der Waals surface area contributed by atoms with Crippen LogP contribution >= 0.6 is 23.2 Å². The molecule has 1 amide bonds. The summed E-state index contributed by atoms with van der Waals surface area (Å²) in [6.07, 6.45) is 1.68. The molecule has 2 N–H and O–H groups in total. The van der Waals surface area contributed by atoms with Gasteiger partial charge in [0.15, 0.2) is 18.4 Å². The number of amides is 1. The molecule has 9 heteroatoms. The van der Waals surface area contributed by atoms with Crippen molar-refractivity contribution < 1.29 is 24.3 Å². The zero-order chi connectivity index (χ0) is 26.4. The molecule has 0 aromatic heterocycles. The van der Waals surface area contributed by atoms with E-state index in [1.165, 1.54) is 0 Å². The van der Waals surface area contributed by atoms with Crippen LogP contribution in [0.4, 0.5) is 5.69 Å². The first-order chi connectivity index (χ1) is 17.1. The Morgan fingerprint density at radius 3 is 2.31 bits per heavy atom. The van der Waals surface area contributed by atoms with Crippen molar-refractivity contribution in [1.82, 2.24) is 4.90 Å². The highest BCUT2D eigenvalue weighted by molar-refractivity contribution is 6.36. The zero-order valence-corrected chi connectivity index (χ0v) is 21.2. The first-order valence-electron chi connectivity index (χ1n) is 11.0. The molecular weight excluding hydrogens is 503 g/mol. The molecule has 186 valence electrons. The van der Waals surface area contributed by atoms with Crippen LogP contribution in [0.2, 0.25) is 10.0 Å². The van der Waals surface area contributed by atoms with E-state index in [2.05, 4.69) is 5.32 Å². The Kier molecular flexibility index (Phi) is 8.98. The number of hydrogen-bond donors (Lipinski definition) is 2. The minimum Gasteiger partial charge on any atom is -0.507 e. The fraction of sp³-hybridized carbons (Fsp3) is 0.185. The number of benzene rings is 3. The minimum absolute atomic E-state index is 0.0804. The van der Waals surface area contributed by atoms with Gasteiger partial charge in [0, 0.05) is 33.2 Å². The Morgan fingerprint density at radius 1 is 0.944 bits per heavy atom. The molecule has 7 nitrogen and oxygen atoms in total. The van der Waals surface area contributed by atoms with Gasteiger partial charge >= 0.3 is 0 Å². The molecule has 0 fully saturated rings. The van der Waals surface area contributed by atoms with Crippen molar-refractivity contribution in [2.24, 2.45) is 0 Å². The van der Waals surface area contributed by atoms with Gasteiger partial charge in [-0.3, -0.25) is 19.2 Å². The molecule has 3 aromatic rings. The zero-order valence-electron chi connectivity index (χ0n) is 19.7. The molecular formula is C27H24Cl2N2O5. The van der Waals surface area contributed by atoms with Crippen molar-refractivity contribution in [3.63, 3.8) is 0 Å². The van der Waals surface area contributed by atoms with Crippen molar-refractivity contribution >= 4 is 53.2 Å². The maximum atomic E-state index is 13.2. The molecule has 0 aliphatic rings. The van der Waals surface area contributed by atoms with Crippen LogP contribution in [0.1, 0.15) is 54.3 Å². The summed E-state index contributed by atoms with van der Waals surface area (Å²) < 4.78 is 0. The van der Waals surface area contributed by atoms with Gasteiger partial charge in [-0.25, -0.2) is 0 Å². The summed E-state index contributed by atoms with van der Waals surface area (Å²) in [6, 6.07) is 12.1. The monoisotopic (exact) mass is 526 g/mol. The maximum Gasteiger partial charge on any atom is 0.256 e. The topological polar surface area (TPSA) is 104 Å². The third kappa shape index (κ3) is 6.37. The van der Waals surface area contributed by atoms with Crippen molar-refractivity contribution in [1.29, 1.82) is 0 Å². The average Bonchev–Trinajstić information content (AvgIpc) is 2.83. The molecule has 36 heavy (non-hydrogen) atoms. The second-order valence-corrected chi connectivity index (χ2v) is 9.25. The predicted molar refractivity (Wildman–Crippen MR) is 141 cm³/mol. The van der Waals surface area contributed by atoms with E-state index < -0.39 is 11.7 Å². The van der Waals surface area contributed by atoms with Crippen LogP contribution in [0.25, 0.3) is 11.1 Å². The Labute approximate surface area is 218 Å². The lowest BCUT2D eigenvalue weighted by atomic mass is 9.98. The number of phenolic OH excluding ortho intramolecular Hbond substituents is 1. The number of carbonyl (C=O) groups excluding carboxylic acids is 4. The Bertz CT molecular complexity index is 1340. The van der Waals surface area contributed by atoms with E-state index in [1.807, 2.05) is 19.0 Å². The largest absolute Gasteiger partial charge is 0.507 e. The first-order valence-corrected chi connectivity index (χ1v) is 11.8. The van der Waals surface area contributed by atoms with Gasteiger partial charge in [0.05, 0.1) is 16.8 Å². The first kappa shape index (κ1) is 27.1. The quantitative estimate of drug-likeness (QED) is 0.256. The van der Waals surface area contributed by atoms with Crippen molar-refractivity contribution in [2.75, 3.05) is 26.0 Å². The smallest absolute Gasteiger partial charge is 0.256 e. The van der Waals surface area contributed by atoms with Crippen molar-refractivity contribution in [3.8, 4) is 16.9 Å². The normalized spacial score (nSPS) is 10.8. The van der Waals surface area contributed by atoms with E-state index in [1.54, 1.807) is 36.4 Å². The van der Waals surface area contributed by atoms with Crippen molar-refractivity contribution in [2.45, 2.75) is 12.8 Å². The summed E-state index contributed by atoms with van der Waals surface area (Å²) in [6.45, 7) is 0.719. The van der Waals surface area contributed by atoms with E-state index in [4.69, 9.17) is 23.2 Å². The van der Waals surface area contributed by atoms with Gasteiger partial charge in [-0.1, -0.05) is 35.3 Å². The number of aldehydes is 2. The van der Waals surface area contributed by atoms with Crippen LogP contribution in [0.3, 0.4) is 0 Å². The van der Waals surface area contributed by atoms with Crippen LogP contribution in [-0.4, -0.2) is 54.9 Å². The van der Waals surface area contributed by atoms with E-state index in [9.17, 15) is 24.3 Å². The van der Waals surface area contributed by atoms with Gasteiger partial charge in [0.1, 0.15) is 5.75 Å². The summed E-state index contributed by atoms with van der Waals surface area (Å²) in [4.78, 5) is 50.8. The number of anilines is 1. The number of nitrogens with zero attached hydrogens (tertiary/aromatic N) is 1. The molecule has 3 aromatic carbocycles. The number of nitrogens with one attached hydrogen (secondary N) is 1. The number of carbonyl (C=O) groups is 4. The lowest BCUT2D eigenvalue weighted by molar-refractivity contribution is 0.0977. The van der Waals surface area contributed by atoms with Gasteiger partial charge in [-0.15, -0.1) is 0 Å². The second-order valence-electron chi connectivity index (χ2n) is 8.40. The van der Waals surface area contributed by atoms with Gasteiger partial charge in [0.25, 0.3) is 5.91 Å². The fourth-order valence-corrected chi connectivity index (χ4v) is 4.19. The standard InChI is InChI=1S/C27H24Cl2N2O5/c1-31(2)9-3-4-25(34)21-7-5-16(20-8-6-19(28)12-23(20)29)11-24(21)30-27(36)22-13-26(35)18(15-33)10-17(22)14-32/h5-8,10-15,35H,3-4,9H2,1-2H3,(H,30,36). The third-order valence-corrected chi connectivity index (χ3v) is 6.06. The summed E-state index contributed by atoms with van der Waals surface area (Å²) in [5.74, 6) is -1.34. The van der Waals surface area contributed by atoms with E-state index in [0.29, 0.717) is 40.2 Å². The number of rotatable bonds is 10. The molecule has 0 saturated carbocycles. The van der Waals surface area contributed by atoms with Crippen LogP contribution in [0.5, 0.6) is 5.75 Å². The Balaban J connectivity index is 2.04. The van der Waals surface area contributed by atoms with Crippen molar-refractivity contribution in [3.05, 3.63) is 80.8 Å². The number of Topliss-reactive ketones (excluding diaryl/α,β-unsaturated/α-hetero) is 1. The molecule has 0 saturated heterocycles. The van der Waals surface area contributed by atoms with Gasteiger partial charge in [0.2, 0.25) is 0 Å². The predicted octanol–water partition coefficient (Wildman–Crippen LogP) is 5.77. The third-order valence-electron chi connectivity index (χ3n) is 5.52. The van der Waals surface area contributed by atoms with Gasteiger partial charge in [-0.05, 0) is 69.0 Å². The molecule has 0 atom stereocenters. The summed E-state index contributed by atoms with van der Waals surface area (Å²) in [5.41, 5.74) is 1.43. The lowest BCUT2D eigenvalue weighted by Crippen LogP contribution is -2.18. The van der Waals surface area contributed by atoms with Crippen LogP contribution in [0.15, 0.2) is 48.5 Å². The fourth-order valence-electron chi connectivity index (χ4n) is 3.67. The minimum atomic E-state index is -0.730. The van der Waals surface area contributed by atoms with E-state index in [0.717, 1.165) is 18.7 Å². The maximum absolute atomic E-state index is 13.2. The summed E-state index contributed by atoms with van der Waals surface area (Å²) in [5, 5.41) is 13.6. The number of halogens is 2. The van der Waals surface area contributed by atoms with Crippen LogP contribution in [-0.2, 0) is 0 Å². The average molecular weight is 527 g/mol. The highest BCUT2D eigenvalue weighted by Crippen LogP contribution is 2.34. The van der Waals surface area contributed by atoms with Crippen LogP contribution < -0.4 is 5.32 Å². The number of phenols is 1. The molecule has 0 spiro atoms. The molecule has 0 unspecified atom stereocenters. The Morgan fingerprint density at radius 2 is 1.67 bits per heavy atom. The van der Waals surface area contributed by atoms with Crippen LogP contribution in [0, 0.1) is 0 Å². The molecule has 0 heterocycles. The molecule has 0 aliphatic carbocycles. The lowest BCUT2D eigenvalue weighted by Gasteiger charge is -2.15. The Hall–Kier alpha value is -3.52. The summed E-state index contributed by atoms with van der Waals surface area (Å²) >= 11 is 12.4. The molecule has 0 bridgehead atoms. The second kappa shape index (κ2) is 11.9. The number of hydrogen-bond acceptors (Lipinski definition) is 6.